The summed E-state index contributed by atoms with van der Waals surface area (Å²) >= 11 is 3.00. The largest absolute Gasteiger partial charge is 0.291 e. The van der Waals surface area contributed by atoms with E-state index in [9.17, 15) is 13.2 Å². The first-order valence-corrected chi connectivity index (χ1v) is 7.35. The van der Waals surface area contributed by atoms with Crippen molar-refractivity contribution in [2.75, 3.05) is 6.26 Å². The molecule has 3 nitrogen and oxygen atoms in total. The fourth-order valence-corrected chi connectivity index (χ4v) is 1.90. The molecule has 0 bridgehead atoms. The van der Waals surface area contributed by atoms with E-state index in [-0.39, 0.29) is 0 Å². The molecule has 5 heteroatoms. The van der Waals surface area contributed by atoms with Gasteiger partial charge in [0.1, 0.15) is 0 Å². The third-order valence-corrected chi connectivity index (χ3v) is 6.19. The van der Waals surface area contributed by atoms with E-state index in [4.69, 9.17) is 0 Å². The van der Waals surface area contributed by atoms with Gasteiger partial charge in [0, 0.05) is 11.8 Å². The standard InChI is InChI=1S/C11H13BrO3S/c1-8-6-4-5-7-9(8)10(13)11(2,12)16(3,14)15/h4-7H,1-3H3/t11-/m0/s1. The smallest absolute Gasteiger partial charge is 0.194 e. The number of carbonyl (C=O) groups is 1. The summed E-state index contributed by atoms with van der Waals surface area (Å²) in [6.07, 6.45) is 1.04. The number of sulfone groups is 1. The molecule has 0 saturated carbocycles. The lowest BCUT2D eigenvalue weighted by atomic mass is 10.0. The van der Waals surface area contributed by atoms with Crippen LogP contribution in [0.2, 0.25) is 0 Å². The zero-order valence-corrected chi connectivity index (χ0v) is 11.7. The molecule has 0 amide bonds. The first kappa shape index (κ1) is 13.4. The van der Waals surface area contributed by atoms with Gasteiger partial charge in [-0.25, -0.2) is 8.42 Å². The minimum atomic E-state index is -3.50. The number of alkyl halides is 1. The van der Waals surface area contributed by atoms with Gasteiger partial charge in [-0.3, -0.25) is 4.79 Å². The highest BCUT2D eigenvalue weighted by molar-refractivity contribution is 9.12. The number of aryl methyl sites for hydroxylation is 1. The normalized spacial score (nSPS) is 15.5. The van der Waals surface area contributed by atoms with Gasteiger partial charge < -0.3 is 0 Å². The molecule has 0 fully saturated rings. The molecule has 0 radical (unpaired) electrons. The van der Waals surface area contributed by atoms with Crippen LogP contribution in [0, 0.1) is 6.92 Å². The first-order chi connectivity index (χ1) is 7.18. The van der Waals surface area contributed by atoms with E-state index in [0.29, 0.717) is 5.56 Å². The zero-order chi connectivity index (χ0) is 12.6. The summed E-state index contributed by atoms with van der Waals surface area (Å²) in [6, 6.07) is 6.92. The van der Waals surface area contributed by atoms with Crippen LogP contribution in [-0.2, 0) is 9.84 Å². The van der Waals surface area contributed by atoms with Crippen LogP contribution < -0.4 is 0 Å². The average molecular weight is 305 g/mol. The molecule has 88 valence electrons. The van der Waals surface area contributed by atoms with Gasteiger partial charge in [-0.05, 0) is 19.4 Å². The number of hydrogen-bond donors (Lipinski definition) is 0. The number of benzene rings is 1. The second-order valence-corrected chi connectivity index (χ2v) is 8.30. The monoisotopic (exact) mass is 304 g/mol. The average Bonchev–Trinajstić information content (AvgIpc) is 2.15. The van der Waals surface area contributed by atoms with Gasteiger partial charge in [-0.1, -0.05) is 40.2 Å². The minimum Gasteiger partial charge on any atom is -0.291 e. The molecule has 0 aliphatic rings. The Hall–Kier alpha value is -0.680. The van der Waals surface area contributed by atoms with E-state index in [0.717, 1.165) is 11.8 Å². The Morgan fingerprint density at radius 1 is 1.31 bits per heavy atom. The molecule has 0 aliphatic carbocycles. The molecule has 1 aromatic rings. The number of ketones is 1. The van der Waals surface area contributed by atoms with Crippen LogP contribution in [-0.4, -0.2) is 24.1 Å². The van der Waals surface area contributed by atoms with Gasteiger partial charge in [0.15, 0.2) is 19.3 Å². The summed E-state index contributed by atoms with van der Waals surface area (Å²) < 4.78 is 21.5. The van der Waals surface area contributed by atoms with Gasteiger partial charge in [-0.2, -0.15) is 0 Å². The molecule has 1 atom stereocenters. The van der Waals surface area contributed by atoms with Crippen LogP contribution in [0.3, 0.4) is 0 Å². The highest BCUT2D eigenvalue weighted by Gasteiger charge is 2.41. The Kier molecular flexibility index (Phi) is 3.59. The van der Waals surface area contributed by atoms with Crippen molar-refractivity contribution in [3.05, 3.63) is 35.4 Å². The van der Waals surface area contributed by atoms with Gasteiger partial charge in [0.25, 0.3) is 0 Å². The van der Waals surface area contributed by atoms with Crippen molar-refractivity contribution in [2.24, 2.45) is 0 Å². The van der Waals surface area contributed by atoms with Gasteiger partial charge in [-0.15, -0.1) is 0 Å². The van der Waals surface area contributed by atoms with E-state index >= 15 is 0 Å². The fourth-order valence-electron chi connectivity index (χ4n) is 1.24. The second kappa shape index (κ2) is 4.30. The summed E-state index contributed by atoms with van der Waals surface area (Å²) in [4.78, 5) is 12.1. The summed E-state index contributed by atoms with van der Waals surface area (Å²) in [5.41, 5.74) is 1.19. The van der Waals surface area contributed by atoms with Gasteiger partial charge in [0.2, 0.25) is 0 Å². The maximum Gasteiger partial charge on any atom is 0.194 e. The third-order valence-electron chi connectivity index (χ3n) is 2.49. The third kappa shape index (κ3) is 2.35. The highest BCUT2D eigenvalue weighted by atomic mass is 79.9. The molecule has 0 spiro atoms. The molecule has 0 aromatic heterocycles. The predicted molar refractivity (Wildman–Crippen MR) is 67.7 cm³/mol. The van der Waals surface area contributed by atoms with Crippen LogP contribution in [0.25, 0.3) is 0 Å². The Morgan fingerprint density at radius 2 is 1.81 bits per heavy atom. The Morgan fingerprint density at radius 3 is 2.25 bits per heavy atom. The number of carbonyl (C=O) groups excluding carboxylic acids is 1. The number of hydrogen-bond acceptors (Lipinski definition) is 3. The Balaban J connectivity index is 3.29. The van der Waals surface area contributed by atoms with Crippen molar-refractivity contribution < 1.29 is 13.2 Å². The van der Waals surface area contributed by atoms with E-state index in [1.54, 1.807) is 31.2 Å². The van der Waals surface area contributed by atoms with Gasteiger partial charge in [0.05, 0.1) is 0 Å². The quantitative estimate of drug-likeness (QED) is 0.636. The highest BCUT2D eigenvalue weighted by Crippen LogP contribution is 2.29. The lowest BCUT2D eigenvalue weighted by molar-refractivity contribution is 0.0982. The second-order valence-electron chi connectivity index (χ2n) is 3.83. The summed E-state index contributed by atoms with van der Waals surface area (Å²) in [6.45, 7) is 3.13. The molecule has 16 heavy (non-hydrogen) atoms. The topological polar surface area (TPSA) is 51.2 Å². The van der Waals surface area contributed by atoms with Crippen molar-refractivity contribution in [3.63, 3.8) is 0 Å². The Bertz CT molecular complexity index is 518. The van der Waals surface area contributed by atoms with Crippen molar-refractivity contribution in [1.29, 1.82) is 0 Å². The Labute approximate surface area is 104 Å². The van der Waals surface area contributed by atoms with Crippen LogP contribution in [0.4, 0.5) is 0 Å². The SMILES string of the molecule is Cc1ccccc1C(=O)[C@@](C)(Br)S(C)(=O)=O. The minimum absolute atomic E-state index is 0.423. The van der Waals surface area contributed by atoms with E-state index in [1.807, 2.05) is 0 Å². The van der Waals surface area contributed by atoms with Crippen LogP contribution in [0.15, 0.2) is 24.3 Å². The van der Waals surface area contributed by atoms with Crippen LogP contribution >= 0.6 is 15.9 Å². The van der Waals surface area contributed by atoms with E-state index in [1.165, 1.54) is 6.92 Å². The summed E-state index contributed by atoms with van der Waals surface area (Å²) in [5, 5.41) is 0. The molecule has 0 heterocycles. The molecule has 1 aromatic carbocycles. The number of rotatable bonds is 3. The lowest BCUT2D eigenvalue weighted by Crippen LogP contribution is -2.37. The number of Topliss-reactive ketones (excluding diaryl/α,β-unsaturated/α-hetero) is 1. The van der Waals surface area contributed by atoms with Crippen LogP contribution in [0.5, 0.6) is 0 Å². The summed E-state index contributed by atoms with van der Waals surface area (Å²) in [7, 11) is -3.50. The zero-order valence-electron chi connectivity index (χ0n) is 9.32. The fraction of sp³-hybridized carbons (Fsp3) is 0.364. The van der Waals surface area contributed by atoms with Crippen LogP contribution in [0.1, 0.15) is 22.8 Å². The van der Waals surface area contributed by atoms with Crippen molar-refractivity contribution >= 4 is 31.6 Å². The molecule has 0 N–H and O–H groups in total. The molecule has 0 aliphatic heterocycles. The predicted octanol–water partition coefficient (Wildman–Crippen LogP) is 2.33. The molecule has 1 rings (SSSR count). The lowest BCUT2D eigenvalue weighted by Gasteiger charge is -2.19. The van der Waals surface area contributed by atoms with Crippen molar-refractivity contribution in [1.82, 2.24) is 0 Å². The maximum absolute atomic E-state index is 12.1. The number of halogens is 1. The molecular weight excluding hydrogens is 292 g/mol. The maximum atomic E-state index is 12.1. The molecule has 0 saturated heterocycles. The van der Waals surface area contributed by atoms with Crippen molar-refractivity contribution in [3.8, 4) is 0 Å². The van der Waals surface area contributed by atoms with Gasteiger partial charge >= 0.3 is 0 Å². The molecule has 0 unspecified atom stereocenters. The summed E-state index contributed by atoms with van der Waals surface area (Å²) in [5.74, 6) is -0.437. The van der Waals surface area contributed by atoms with Crippen molar-refractivity contribution in [2.45, 2.75) is 17.5 Å². The first-order valence-electron chi connectivity index (χ1n) is 4.67. The van der Waals surface area contributed by atoms with E-state index in [2.05, 4.69) is 15.9 Å². The van der Waals surface area contributed by atoms with E-state index < -0.39 is 19.3 Å². The molecular formula is C11H13BrO3S.